The molecule has 0 amide bonds. The molecule has 0 aromatic heterocycles. The maximum Gasteiger partial charge on any atom is 0.307 e. The van der Waals surface area contributed by atoms with E-state index in [1.54, 1.807) is 0 Å². The lowest BCUT2D eigenvalue weighted by Crippen LogP contribution is -2.47. The van der Waals surface area contributed by atoms with Gasteiger partial charge in [0.25, 0.3) is 0 Å². The van der Waals surface area contributed by atoms with Gasteiger partial charge in [-0.3, -0.25) is 4.79 Å². The van der Waals surface area contributed by atoms with Crippen LogP contribution in [-0.4, -0.2) is 57.2 Å². The fraction of sp³-hybridized carbons (Fsp3) is 0.909. The molecule has 18 heavy (non-hydrogen) atoms. The monoisotopic (exact) mass is 278 g/mol. The van der Waals surface area contributed by atoms with Crippen LogP contribution in [-0.2, 0) is 19.6 Å². The number of ether oxygens (including phenoxy) is 1. The van der Waals surface area contributed by atoms with E-state index in [0.717, 1.165) is 12.8 Å². The van der Waals surface area contributed by atoms with Gasteiger partial charge in [-0.25, -0.2) is 12.7 Å². The molecule has 0 radical (unpaired) electrons. The van der Waals surface area contributed by atoms with Gasteiger partial charge >= 0.3 is 5.97 Å². The lowest BCUT2D eigenvalue weighted by molar-refractivity contribution is -0.141. The van der Waals surface area contributed by atoms with Gasteiger partial charge in [-0.2, -0.15) is 0 Å². The molecule has 106 valence electrons. The third-order valence-corrected chi connectivity index (χ3v) is 4.45. The first-order chi connectivity index (χ1) is 8.32. The number of hydrogen-bond acceptors (Lipinski definition) is 5. The lowest BCUT2D eigenvalue weighted by Gasteiger charge is -2.32. The molecule has 1 aliphatic heterocycles. The summed E-state index contributed by atoms with van der Waals surface area (Å²) in [5.41, 5.74) is 0. The highest BCUT2D eigenvalue weighted by Gasteiger charge is 2.25. The highest BCUT2D eigenvalue weighted by molar-refractivity contribution is 7.88. The number of rotatable bonds is 5. The van der Waals surface area contributed by atoms with Crippen molar-refractivity contribution in [2.75, 3.05) is 26.5 Å². The van der Waals surface area contributed by atoms with Crippen molar-refractivity contribution in [2.24, 2.45) is 0 Å². The Kier molecular flexibility index (Phi) is 5.55. The second-order valence-electron chi connectivity index (χ2n) is 4.78. The van der Waals surface area contributed by atoms with Crippen LogP contribution in [0.4, 0.5) is 0 Å². The number of nitrogens with one attached hydrogen (secondary N) is 1. The Bertz CT molecular complexity index is 375. The first-order valence-electron chi connectivity index (χ1n) is 6.11. The molecule has 0 aromatic carbocycles. The van der Waals surface area contributed by atoms with Crippen molar-refractivity contribution >= 4 is 16.0 Å². The Hall–Kier alpha value is -0.660. The maximum atomic E-state index is 11.3. The summed E-state index contributed by atoms with van der Waals surface area (Å²) in [7, 11) is -1.69. The molecule has 6 nitrogen and oxygen atoms in total. The molecule has 0 aromatic rings. The molecule has 1 unspecified atom stereocenters. The van der Waals surface area contributed by atoms with E-state index in [-0.39, 0.29) is 18.1 Å². The number of nitrogens with zero attached hydrogens (tertiary/aromatic N) is 1. The van der Waals surface area contributed by atoms with E-state index < -0.39 is 10.0 Å². The van der Waals surface area contributed by atoms with Gasteiger partial charge in [-0.15, -0.1) is 0 Å². The third-order valence-electron chi connectivity index (χ3n) is 3.14. The number of piperidine rings is 1. The molecule has 1 fully saturated rings. The average Bonchev–Trinajstić information content (AvgIpc) is 2.28. The summed E-state index contributed by atoms with van der Waals surface area (Å²) in [6.45, 7) is 3.02. The Balaban J connectivity index is 2.33. The van der Waals surface area contributed by atoms with Gasteiger partial charge in [0.1, 0.15) is 0 Å². The Morgan fingerprint density at radius 2 is 2.00 bits per heavy atom. The summed E-state index contributed by atoms with van der Waals surface area (Å²) in [5.74, 6) is -0.233. The molecule has 0 aliphatic carbocycles. The van der Waals surface area contributed by atoms with Crippen molar-refractivity contribution < 1.29 is 17.9 Å². The number of methoxy groups -OCH3 is 1. The largest absolute Gasteiger partial charge is 0.469 e. The van der Waals surface area contributed by atoms with E-state index in [2.05, 4.69) is 10.1 Å². The van der Waals surface area contributed by atoms with Crippen LogP contribution in [0.15, 0.2) is 0 Å². The number of carbonyl (C=O) groups excluding carboxylic acids is 1. The van der Waals surface area contributed by atoms with Crippen LogP contribution in [0.5, 0.6) is 0 Å². The number of carbonyl (C=O) groups is 1. The molecule has 1 heterocycles. The Labute approximate surface area is 109 Å². The fourth-order valence-electron chi connectivity index (χ4n) is 2.15. The molecule has 0 bridgehead atoms. The smallest absolute Gasteiger partial charge is 0.307 e. The van der Waals surface area contributed by atoms with Crippen LogP contribution in [0.1, 0.15) is 26.2 Å². The van der Waals surface area contributed by atoms with E-state index >= 15 is 0 Å². The van der Waals surface area contributed by atoms with Crippen molar-refractivity contribution in [2.45, 2.75) is 38.3 Å². The summed E-state index contributed by atoms with van der Waals surface area (Å²) in [6, 6.07) is 0.315. The second-order valence-corrected chi connectivity index (χ2v) is 6.77. The average molecular weight is 278 g/mol. The van der Waals surface area contributed by atoms with Crippen LogP contribution in [0, 0.1) is 0 Å². The molecule has 1 N–H and O–H groups in total. The molecular weight excluding hydrogens is 256 g/mol. The highest BCUT2D eigenvalue weighted by atomic mass is 32.2. The second kappa shape index (κ2) is 6.49. The molecule has 1 aliphatic rings. The van der Waals surface area contributed by atoms with E-state index in [0.29, 0.717) is 19.5 Å². The van der Waals surface area contributed by atoms with E-state index in [1.807, 2.05) is 6.92 Å². The minimum atomic E-state index is -3.07. The first kappa shape index (κ1) is 15.4. The van der Waals surface area contributed by atoms with E-state index in [4.69, 9.17) is 0 Å². The third kappa shape index (κ3) is 4.91. The molecule has 7 heteroatoms. The van der Waals surface area contributed by atoms with Crippen molar-refractivity contribution in [3.05, 3.63) is 0 Å². The molecule has 0 saturated carbocycles. The zero-order valence-electron chi connectivity index (χ0n) is 11.2. The van der Waals surface area contributed by atoms with Gasteiger partial charge < -0.3 is 10.1 Å². The molecule has 0 spiro atoms. The van der Waals surface area contributed by atoms with Gasteiger partial charge in [0.2, 0.25) is 10.0 Å². The standard InChI is InChI=1S/C11H22N2O4S/c1-9(8-11(14)17-2)12-10-4-6-13(7-5-10)18(3,15)16/h9-10,12H,4-8H2,1-3H3. The molecule has 1 rings (SSSR count). The SMILES string of the molecule is COC(=O)CC(C)NC1CCN(S(C)(=O)=O)CC1. The van der Waals surface area contributed by atoms with Crippen LogP contribution in [0.2, 0.25) is 0 Å². The van der Waals surface area contributed by atoms with Gasteiger partial charge in [0.15, 0.2) is 0 Å². The van der Waals surface area contributed by atoms with Crippen LogP contribution >= 0.6 is 0 Å². The van der Waals surface area contributed by atoms with Crippen molar-refractivity contribution in [1.29, 1.82) is 0 Å². The van der Waals surface area contributed by atoms with Gasteiger partial charge in [0, 0.05) is 25.2 Å². The zero-order valence-corrected chi connectivity index (χ0v) is 12.0. The van der Waals surface area contributed by atoms with Crippen molar-refractivity contribution in [3.8, 4) is 0 Å². The summed E-state index contributed by atoms with van der Waals surface area (Å²) < 4.78 is 28.8. The van der Waals surface area contributed by atoms with E-state index in [9.17, 15) is 13.2 Å². The Morgan fingerprint density at radius 3 is 2.44 bits per heavy atom. The summed E-state index contributed by atoms with van der Waals surface area (Å²) in [4.78, 5) is 11.1. The summed E-state index contributed by atoms with van der Waals surface area (Å²) in [5, 5.41) is 3.33. The summed E-state index contributed by atoms with van der Waals surface area (Å²) >= 11 is 0. The molecule has 1 atom stereocenters. The number of esters is 1. The van der Waals surface area contributed by atoms with Gasteiger partial charge in [-0.1, -0.05) is 0 Å². The lowest BCUT2D eigenvalue weighted by atomic mass is 10.1. The number of sulfonamides is 1. The van der Waals surface area contributed by atoms with Crippen LogP contribution in [0.3, 0.4) is 0 Å². The quantitative estimate of drug-likeness (QED) is 0.714. The normalized spacial score (nSPS) is 20.6. The summed E-state index contributed by atoms with van der Waals surface area (Å²) in [6.07, 6.45) is 3.13. The zero-order chi connectivity index (χ0) is 13.8. The molecule has 1 saturated heterocycles. The minimum absolute atomic E-state index is 0.0484. The first-order valence-corrected chi connectivity index (χ1v) is 7.95. The minimum Gasteiger partial charge on any atom is -0.469 e. The van der Waals surface area contributed by atoms with Crippen LogP contribution in [0.25, 0.3) is 0 Å². The van der Waals surface area contributed by atoms with E-state index in [1.165, 1.54) is 17.7 Å². The predicted molar refractivity (Wildman–Crippen MR) is 68.7 cm³/mol. The highest BCUT2D eigenvalue weighted by Crippen LogP contribution is 2.14. The topological polar surface area (TPSA) is 75.7 Å². The van der Waals surface area contributed by atoms with Crippen LogP contribution < -0.4 is 5.32 Å². The van der Waals surface area contributed by atoms with Gasteiger partial charge in [-0.05, 0) is 19.8 Å². The van der Waals surface area contributed by atoms with Crippen molar-refractivity contribution in [1.82, 2.24) is 9.62 Å². The maximum absolute atomic E-state index is 11.3. The fourth-order valence-corrected chi connectivity index (χ4v) is 3.02. The Morgan fingerprint density at radius 1 is 1.44 bits per heavy atom. The predicted octanol–water partition coefficient (Wildman–Crippen LogP) is -0.0484. The number of hydrogen-bond donors (Lipinski definition) is 1. The molecular formula is C11H22N2O4S. The van der Waals surface area contributed by atoms with Gasteiger partial charge in [0.05, 0.1) is 19.8 Å². The van der Waals surface area contributed by atoms with Crippen molar-refractivity contribution in [3.63, 3.8) is 0 Å².